The van der Waals surface area contributed by atoms with Crippen molar-refractivity contribution < 1.29 is 0 Å². The molecule has 27 heavy (non-hydrogen) atoms. The minimum atomic E-state index is 0.0383. The van der Waals surface area contributed by atoms with Gasteiger partial charge in [0, 0.05) is 65.2 Å². The van der Waals surface area contributed by atoms with Gasteiger partial charge in [-0.05, 0) is 24.3 Å². The van der Waals surface area contributed by atoms with Gasteiger partial charge in [-0.15, -0.1) is 11.3 Å². The summed E-state index contributed by atoms with van der Waals surface area (Å²) in [5.41, 5.74) is 3.86. The summed E-state index contributed by atoms with van der Waals surface area (Å²) in [6, 6.07) is 11.8. The second kappa shape index (κ2) is 6.48. The molecule has 0 saturated heterocycles. The standard InChI is InChI=1S/C21H16N4OS/c26-21-20-17(15-4-3-8-22-12-15)14-27-18(20)7-11-24(21)10-6-16-13-25-9-2-1-5-19(25)23-16/h1-5,7-9,11-14H,6,10H2. The van der Waals surface area contributed by atoms with E-state index in [1.165, 1.54) is 0 Å². The lowest BCUT2D eigenvalue weighted by Crippen LogP contribution is -2.20. The molecular weight excluding hydrogens is 356 g/mol. The summed E-state index contributed by atoms with van der Waals surface area (Å²) < 4.78 is 4.78. The maximum absolute atomic E-state index is 13.1. The summed E-state index contributed by atoms with van der Waals surface area (Å²) in [7, 11) is 0. The Labute approximate surface area is 159 Å². The van der Waals surface area contributed by atoms with Crippen LogP contribution in [-0.4, -0.2) is 18.9 Å². The van der Waals surface area contributed by atoms with Gasteiger partial charge in [0.05, 0.1) is 11.1 Å². The van der Waals surface area contributed by atoms with Crippen LogP contribution in [0.3, 0.4) is 0 Å². The molecule has 0 amide bonds. The molecular formula is C21H16N4OS. The Balaban J connectivity index is 1.50. The van der Waals surface area contributed by atoms with Crippen LogP contribution in [0.5, 0.6) is 0 Å². The van der Waals surface area contributed by atoms with E-state index in [1.54, 1.807) is 28.3 Å². The van der Waals surface area contributed by atoms with E-state index in [1.807, 2.05) is 64.8 Å². The molecule has 5 heterocycles. The molecule has 0 atom stereocenters. The highest BCUT2D eigenvalue weighted by molar-refractivity contribution is 7.17. The zero-order chi connectivity index (χ0) is 18.2. The first-order valence-corrected chi connectivity index (χ1v) is 9.61. The molecule has 0 aliphatic heterocycles. The first kappa shape index (κ1) is 16.0. The maximum Gasteiger partial charge on any atom is 0.259 e. The molecule has 0 spiro atoms. The van der Waals surface area contributed by atoms with Crippen molar-refractivity contribution in [2.75, 3.05) is 0 Å². The Bertz CT molecular complexity index is 1270. The third kappa shape index (κ3) is 2.84. The van der Waals surface area contributed by atoms with Gasteiger partial charge in [0.25, 0.3) is 5.56 Å². The number of rotatable bonds is 4. The molecule has 132 valence electrons. The number of aromatic nitrogens is 4. The molecule has 0 aliphatic carbocycles. The first-order chi connectivity index (χ1) is 13.3. The number of hydrogen-bond donors (Lipinski definition) is 0. The largest absolute Gasteiger partial charge is 0.315 e. The van der Waals surface area contributed by atoms with E-state index in [4.69, 9.17) is 0 Å². The van der Waals surface area contributed by atoms with Crippen molar-refractivity contribution >= 4 is 27.1 Å². The van der Waals surface area contributed by atoms with Gasteiger partial charge in [-0.25, -0.2) is 4.98 Å². The Morgan fingerprint density at radius 3 is 2.89 bits per heavy atom. The van der Waals surface area contributed by atoms with Gasteiger partial charge >= 0.3 is 0 Å². The van der Waals surface area contributed by atoms with E-state index in [-0.39, 0.29) is 5.56 Å². The molecule has 0 saturated carbocycles. The van der Waals surface area contributed by atoms with E-state index in [2.05, 4.69) is 9.97 Å². The van der Waals surface area contributed by atoms with Crippen LogP contribution >= 0.6 is 11.3 Å². The van der Waals surface area contributed by atoms with Crippen LogP contribution in [0, 0.1) is 0 Å². The predicted octanol–water partition coefficient (Wildman–Crippen LogP) is 4.02. The number of fused-ring (bicyclic) bond motifs is 2. The molecule has 5 aromatic rings. The van der Waals surface area contributed by atoms with Gasteiger partial charge < -0.3 is 8.97 Å². The highest BCUT2D eigenvalue weighted by Gasteiger charge is 2.12. The molecule has 5 nitrogen and oxygen atoms in total. The summed E-state index contributed by atoms with van der Waals surface area (Å²) in [5.74, 6) is 0. The highest BCUT2D eigenvalue weighted by atomic mass is 32.1. The minimum absolute atomic E-state index is 0.0383. The lowest BCUT2D eigenvalue weighted by molar-refractivity contribution is 0.668. The van der Waals surface area contributed by atoms with Crippen molar-refractivity contribution in [2.45, 2.75) is 13.0 Å². The predicted molar refractivity (Wildman–Crippen MR) is 108 cm³/mol. The van der Waals surface area contributed by atoms with Crippen LogP contribution in [0.2, 0.25) is 0 Å². The van der Waals surface area contributed by atoms with Crippen LogP contribution < -0.4 is 5.56 Å². The smallest absolute Gasteiger partial charge is 0.259 e. The molecule has 0 N–H and O–H groups in total. The molecule has 0 radical (unpaired) electrons. The van der Waals surface area contributed by atoms with Gasteiger partial charge in [0.15, 0.2) is 0 Å². The summed E-state index contributed by atoms with van der Waals surface area (Å²) in [6.07, 6.45) is 10.1. The van der Waals surface area contributed by atoms with E-state index >= 15 is 0 Å². The SMILES string of the molecule is O=c1c2c(-c3cccnc3)csc2ccn1CCc1cn2ccccc2n1. The molecule has 0 bridgehead atoms. The van der Waals surface area contributed by atoms with Crippen LogP contribution in [0.4, 0.5) is 0 Å². The highest BCUT2D eigenvalue weighted by Crippen LogP contribution is 2.31. The lowest BCUT2D eigenvalue weighted by Gasteiger charge is -2.06. The third-order valence-corrected chi connectivity index (χ3v) is 5.64. The Kier molecular flexibility index (Phi) is 3.83. The van der Waals surface area contributed by atoms with Crippen molar-refractivity contribution in [1.82, 2.24) is 18.9 Å². The second-order valence-corrected chi connectivity index (χ2v) is 7.30. The lowest BCUT2D eigenvalue weighted by atomic mass is 10.1. The molecule has 0 aromatic carbocycles. The number of thiophene rings is 1. The van der Waals surface area contributed by atoms with Crippen molar-refractivity contribution in [1.29, 1.82) is 0 Å². The summed E-state index contributed by atoms with van der Waals surface area (Å²) >= 11 is 1.59. The average molecular weight is 372 g/mol. The van der Waals surface area contributed by atoms with Crippen LogP contribution in [-0.2, 0) is 13.0 Å². The van der Waals surface area contributed by atoms with Crippen LogP contribution in [0.25, 0.3) is 26.9 Å². The van der Waals surface area contributed by atoms with Gasteiger partial charge in [-0.1, -0.05) is 12.1 Å². The molecule has 0 unspecified atom stereocenters. The topological polar surface area (TPSA) is 52.2 Å². The van der Waals surface area contributed by atoms with Crippen LogP contribution in [0.1, 0.15) is 5.69 Å². The van der Waals surface area contributed by atoms with Gasteiger partial charge in [0.2, 0.25) is 0 Å². The summed E-state index contributed by atoms with van der Waals surface area (Å²) in [6.45, 7) is 0.598. The third-order valence-electron chi connectivity index (χ3n) is 4.70. The molecule has 0 aliphatic rings. The number of imidazole rings is 1. The molecule has 0 fully saturated rings. The normalized spacial score (nSPS) is 11.4. The number of pyridine rings is 3. The fourth-order valence-corrected chi connectivity index (χ4v) is 4.29. The van der Waals surface area contributed by atoms with E-state index in [0.29, 0.717) is 13.0 Å². The number of nitrogens with zero attached hydrogens (tertiary/aromatic N) is 4. The first-order valence-electron chi connectivity index (χ1n) is 8.73. The Hall–Kier alpha value is -3.25. The second-order valence-electron chi connectivity index (χ2n) is 6.39. The Morgan fingerprint density at radius 1 is 1.07 bits per heavy atom. The zero-order valence-corrected chi connectivity index (χ0v) is 15.3. The number of hydrogen-bond acceptors (Lipinski definition) is 4. The summed E-state index contributed by atoms with van der Waals surface area (Å²) in [5, 5.41) is 2.81. The van der Waals surface area contributed by atoms with Crippen molar-refractivity contribution in [3.8, 4) is 11.1 Å². The van der Waals surface area contributed by atoms with E-state index in [0.717, 1.165) is 32.6 Å². The van der Waals surface area contributed by atoms with E-state index in [9.17, 15) is 4.79 Å². The van der Waals surface area contributed by atoms with E-state index < -0.39 is 0 Å². The quantitative estimate of drug-likeness (QED) is 0.479. The minimum Gasteiger partial charge on any atom is -0.315 e. The fourth-order valence-electron chi connectivity index (χ4n) is 3.34. The molecule has 5 rings (SSSR count). The zero-order valence-electron chi connectivity index (χ0n) is 14.4. The van der Waals surface area contributed by atoms with Crippen LogP contribution in [0.15, 0.2) is 77.6 Å². The monoisotopic (exact) mass is 372 g/mol. The molecule has 6 heteroatoms. The van der Waals surface area contributed by atoms with Crippen molar-refractivity contribution in [3.63, 3.8) is 0 Å². The average Bonchev–Trinajstić information content (AvgIpc) is 3.32. The van der Waals surface area contributed by atoms with Gasteiger partial charge in [-0.3, -0.25) is 9.78 Å². The molecule has 5 aromatic heterocycles. The van der Waals surface area contributed by atoms with Gasteiger partial charge in [-0.2, -0.15) is 0 Å². The van der Waals surface area contributed by atoms with Crippen molar-refractivity contribution in [2.24, 2.45) is 0 Å². The fraction of sp³-hybridized carbons (Fsp3) is 0.0952. The Morgan fingerprint density at radius 2 is 2.04 bits per heavy atom. The summed E-state index contributed by atoms with van der Waals surface area (Å²) in [4.78, 5) is 21.9. The maximum atomic E-state index is 13.1. The number of aryl methyl sites for hydroxylation is 2. The van der Waals surface area contributed by atoms with Crippen molar-refractivity contribution in [3.05, 3.63) is 88.8 Å². The van der Waals surface area contributed by atoms with Gasteiger partial charge in [0.1, 0.15) is 5.65 Å².